The summed E-state index contributed by atoms with van der Waals surface area (Å²) in [6, 6.07) is 21.7. The molecule has 3 rings (SSSR count). The number of hydrogen-bond acceptors (Lipinski definition) is 2. The zero-order valence-electron chi connectivity index (χ0n) is 19.2. The fourth-order valence-electron chi connectivity index (χ4n) is 4.66. The van der Waals surface area contributed by atoms with Gasteiger partial charge in [-0.3, -0.25) is 0 Å². The van der Waals surface area contributed by atoms with Crippen molar-refractivity contribution < 1.29 is 9.16 Å². The average Bonchev–Trinajstić information content (AvgIpc) is 2.71. The number of allylic oxidation sites excluding steroid dienone is 1. The minimum absolute atomic E-state index is 0.00365. The lowest BCUT2D eigenvalue weighted by Crippen LogP contribution is -2.66. The molecule has 2 aromatic carbocycles. The third-order valence-corrected chi connectivity index (χ3v) is 11.4. The van der Waals surface area contributed by atoms with E-state index in [9.17, 15) is 0 Å². The molecule has 2 nitrogen and oxygen atoms in total. The Bertz CT molecular complexity index is 843. The summed E-state index contributed by atoms with van der Waals surface area (Å²) in [6.07, 6.45) is 5.24. The first-order valence-corrected chi connectivity index (χ1v) is 14.1. The third-order valence-electron chi connectivity index (χ3n) is 5.96. The fraction of sp³-hybridized carbons (Fsp3) is 0.407. The minimum Gasteiger partial charge on any atom is -0.407 e. The molecule has 31 heavy (non-hydrogen) atoms. The maximum absolute atomic E-state index is 7.03. The molecular weight excluding hydrogens is 511 g/mol. The van der Waals surface area contributed by atoms with Crippen molar-refractivity contribution in [3.63, 3.8) is 0 Å². The number of hydrogen-bond donors (Lipinski definition) is 0. The van der Waals surface area contributed by atoms with Crippen LogP contribution < -0.4 is 10.4 Å². The molecule has 2 atom stereocenters. The highest BCUT2D eigenvalue weighted by Crippen LogP contribution is 2.37. The van der Waals surface area contributed by atoms with Crippen molar-refractivity contribution in [1.82, 2.24) is 0 Å². The summed E-state index contributed by atoms with van der Waals surface area (Å²) in [5.74, 6) is 0. The highest BCUT2D eigenvalue weighted by molar-refractivity contribution is 14.1. The van der Waals surface area contributed by atoms with Gasteiger partial charge in [-0.2, -0.15) is 0 Å². The van der Waals surface area contributed by atoms with Crippen molar-refractivity contribution in [3.8, 4) is 0 Å². The molecule has 1 heterocycles. The lowest BCUT2D eigenvalue weighted by atomic mass is 9.97. The van der Waals surface area contributed by atoms with Crippen LogP contribution in [0.4, 0.5) is 0 Å². The van der Waals surface area contributed by atoms with E-state index in [1.54, 1.807) is 0 Å². The molecular formula is C27H35IO2Si. The van der Waals surface area contributed by atoms with E-state index in [4.69, 9.17) is 9.16 Å². The molecule has 166 valence electrons. The smallest absolute Gasteiger partial charge is 0.261 e. The lowest BCUT2D eigenvalue weighted by Gasteiger charge is -2.43. The molecule has 1 aliphatic rings. The number of ether oxygens (including phenoxy) is 1. The third kappa shape index (κ3) is 5.98. The van der Waals surface area contributed by atoms with Crippen molar-refractivity contribution in [2.24, 2.45) is 0 Å². The first kappa shape index (κ1) is 24.4. The van der Waals surface area contributed by atoms with E-state index in [1.165, 1.54) is 19.5 Å². The quantitative estimate of drug-likeness (QED) is 0.228. The highest BCUT2D eigenvalue weighted by atomic mass is 127. The van der Waals surface area contributed by atoms with Gasteiger partial charge in [0.05, 0.1) is 12.2 Å². The molecule has 1 aliphatic heterocycles. The van der Waals surface area contributed by atoms with Crippen LogP contribution >= 0.6 is 22.6 Å². The molecule has 0 radical (unpaired) electrons. The topological polar surface area (TPSA) is 18.5 Å². The Balaban J connectivity index is 1.85. The molecule has 1 fully saturated rings. The predicted molar refractivity (Wildman–Crippen MR) is 143 cm³/mol. The van der Waals surface area contributed by atoms with Gasteiger partial charge < -0.3 is 9.16 Å². The van der Waals surface area contributed by atoms with E-state index >= 15 is 0 Å². The maximum Gasteiger partial charge on any atom is 0.261 e. The molecule has 0 aromatic heterocycles. The van der Waals surface area contributed by atoms with Gasteiger partial charge in [-0.25, -0.2) is 0 Å². The number of halogens is 1. The van der Waals surface area contributed by atoms with Crippen LogP contribution in [0, 0.1) is 0 Å². The van der Waals surface area contributed by atoms with Crippen molar-refractivity contribution in [3.05, 3.63) is 82.5 Å². The monoisotopic (exact) mass is 546 g/mol. The molecule has 0 saturated carbocycles. The molecule has 0 bridgehead atoms. The van der Waals surface area contributed by atoms with Crippen LogP contribution in [0.3, 0.4) is 0 Å². The predicted octanol–water partition coefficient (Wildman–Crippen LogP) is 6.40. The average molecular weight is 547 g/mol. The van der Waals surface area contributed by atoms with Gasteiger partial charge in [0.25, 0.3) is 8.32 Å². The Morgan fingerprint density at radius 3 is 2.10 bits per heavy atom. The SMILES string of the molecule is C=C1C[C@H](CCO[Si](c2ccccc2)(c2ccccc2)C(C)(C)C)O[C@H](/C=C(\C)I)C1. The second-order valence-electron chi connectivity index (χ2n) is 9.51. The van der Waals surface area contributed by atoms with E-state index in [0.717, 1.165) is 19.3 Å². The minimum atomic E-state index is -2.49. The Kier molecular flexibility index (Phi) is 8.36. The standard InChI is InChI=1S/C27H35IO2Si/c1-21-18-23(30-24(19-21)20-22(2)28)16-17-29-31(27(3,4)5,25-12-8-6-9-13-25)26-14-10-7-11-15-26/h6-15,20,23-24H,1,16-19H2,2-5H3/b22-20+/t23-,24-/m0/s1. The van der Waals surface area contributed by atoms with E-state index in [-0.39, 0.29) is 17.2 Å². The summed E-state index contributed by atoms with van der Waals surface area (Å²) in [4.78, 5) is 0. The van der Waals surface area contributed by atoms with Crippen molar-refractivity contribution in [2.75, 3.05) is 6.61 Å². The second-order valence-corrected chi connectivity index (χ2v) is 15.5. The van der Waals surface area contributed by atoms with Gasteiger partial charge in [0.2, 0.25) is 0 Å². The van der Waals surface area contributed by atoms with Crippen LogP contribution in [-0.2, 0) is 9.16 Å². The molecule has 1 saturated heterocycles. The molecule has 0 N–H and O–H groups in total. The van der Waals surface area contributed by atoms with Gasteiger partial charge in [0.15, 0.2) is 0 Å². The Labute approximate surface area is 203 Å². The van der Waals surface area contributed by atoms with Gasteiger partial charge in [0, 0.05) is 6.61 Å². The van der Waals surface area contributed by atoms with Gasteiger partial charge in [-0.15, -0.1) is 0 Å². The summed E-state index contributed by atoms with van der Waals surface area (Å²) in [6.45, 7) is 14.0. The van der Waals surface area contributed by atoms with Crippen LogP contribution in [0.2, 0.25) is 5.04 Å². The molecule has 4 heteroatoms. The van der Waals surface area contributed by atoms with E-state index in [2.05, 4.69) is 124 Å². The van der Waals surface area contributed by atoms with Crippen molar-refractivity contribution in [2.45, 2.75) is 64.2 Å². The van der Waals surface area contributed by atoms with E-state index in [0.29, 0.717) is 6.61 Å². The first-order valence-electron chi connectivity index (χ1n) is 11.1. The molecule has 2 aromatic rings. The largest absolute Gasteiger partial charge is 0.407 e. The van der Waals surface area contributed by atoms with Gasteiger partial charge in [-0.1, -0.05) is 93.6 Å². The van der Waals surface area contributed by atoms with Crippen LogP contribution in [0.15, 0.2) is 82.5 Å². The maximum atomic E-state index is 7.03. The van der Waals surface area contributed by atoms with Crippen LogP contribution in [0.25, 0.3) is 0 Å². The summed E-state index contributed by atoms with van der Waals surface area (Å²) in [5, 5.41) is 2.64. The molecule has 0 amide bonds. The van der Waals surface area contributed by atoms with Gasteiger partial charge in [0.1, 0.15) is 0 Å². The lowest BCUT2D eigenvalue weighted by molar-refractivity contribution is -0.0165. The zero-order chi connectivity index (χ0) is 22.5. The number of benzene rings is 2. The summed E-state index contributed by atoms with van der Waals surface area (Å²) < 4.78 is 14.7. The van der Waals surface area contributed by atoms with Crippen LogP contribution in [-0.4, -0.2) is 27.1 Å². The summed E-state index contributed by atoms with van der Waals surface area (Å²) in [5.41, 5.74) is 1.28. The van der Waals surface area contributed by atoms with E-state index < -0.39 is 8.32 Å². The Hall–Kier alpha value is -1.21. The zero-order valence-corrected chi connectivity index (χ0v) is 22.4. The van der Waals surface area contributed by atoms with Crippen molar-refractivity contribution >= 4 is 41.3 Å². The Morgan fingerprint density at radius 1 is 1.06 bits per heavy atom. The summed E-state index contributed by atoms with van der Waals surface area (Å²) >= 11 is 2.35. The second kappa shape index (κ2) is 10.6. The fourth-order valence-corrected chi connectivity index (χ4v) is 9.64. The summed E-state index contributed by atoms with van der Waals surface area (Å²) in [7, 11) is -2.49. The van der Waals surface area contributed by atoms with Gasteiger partial charge in [-0.05, 0) is 73.8 Å². The van der Waals surface area contributed by atoms with Crippen LogP contribution in [0.1, 0.15) is 47.0 Å². The highest BCUT2D eigenvalue weighted by Gasteiger charge is 2.50. The number of rotatable bonds is 7. The Morgan fingerprint density at radius 2 is 1.61 bits per heavy atom. The van der Waals surface area contributed by atoms with Crippen molar-refractivity contribution in [1.29, 1.82) is 0 Å². The molecule has 0 spiro atoms. The molecule has 0 aliphatic carbocycles. The van der Waals surface area contributed by atoms with Crippen LogP contribution in [0.5, 0.6) is 0 Å². The van der Waals surface area contributed by atoms with Gasteiger partial charge >= 0.3 is 0 Å². The van der Waals surface area contributed by atoms with E-state index in [1.807, 2.05) is 0 Å². The first-order chi connectivity index (χ1) is 14.7. The molecule has 0 unspecified atom stereocenters. The normalized spacial score (nSPS) is 20.7.